The van der Waals surface area contributed by atoms with Gasteiger partial charge in [0, 0.05) is 63.1 Å². The number of piperazine rings is 1. The highest BCUT2D eigenvalue weighted by molar-refractivity contribution is 7.13. The molecule has 0 aliphatic carbocycles. The van der Waals surface area contributed by atoms with Gasteiger partial charge in [0.15, 0.2) is 10.8 Å². The summed E-state index contributed by atoms with van der Waals surface area (Å²) in [5.41, 5.74) is 1.11. The van der Waals surface area contributed by atoms with Gasteiger partial charge < -0.3 is 4.74 Å². The Balaban J connectivity index is 1.52. The fraction of sp³-hybridized carbons (Fsp3) is 0.588. The molecule has 0 saturated carbocycles. The Kier molecular flexibility index (Phi) is 6.25. The molecule has 2 aromatic heterocycles. The van der Waals surface area contributed by atoms with E-state index in [4.69, 9.17) is 9.72 Å². The van der Waals surface area contributed by atoms with Gasteiger partial charge in [-0.2, -0.15) is 0 Å². The molecular weight excluding hydrogens is 322 g/mol. The topological polar surface area (TPSA) is 54.4 Å². The van der Waals surface area contributed by atoms with Crippen LogP contribution in [0.15, 0.2) is 23.8 Å². The second kappa shape index (κ2) is 8.62. The van der Waals surface area contributed by atoms with Crippen LogP contribution in [-0.2, 0) is 11.3 Å². The SMILES string of the molecule is CCOCCN1CCN(Cc2csc(-c3ncccn3)n2)C[C@@H]1C. The van der Waals surface area contributed by atoms with E-state index in [1.165, 1.54) is 0 Å². The molecule has 3 heterocycles. The largest absolute Gasteiger partial charge is 0.380 e. The van der Waals surface area contributed by atoms with E-state index >= 15 is 0 Å². The van der Waals surface area contributed by atoms with Gasteiger partial charge in [-0.1, -0.05) is 0 Å². The van der Waals surface area contributed by atoms with Crippen molar-refractivity contribution >= 4 is 11.3 Å². The van der Waals surface area contributed by atoms with Crippen LogP contribution in [0.4, 0.5) is 0 Å². The van der Waals surface area contributed by atoms with Crippen molar-refractivity contribution in [2.24, 2.45) is 0 Å². The van der Waals surface area contributed by atoms with Crippen molar-refractivity contribution in [1.82, 2.24) is 24.8 Å². The summed E-state index contributed by atoms with van der Waals surface area (Å²) < 4.78 is 5.48. The fourth-order valence-corrected chi connectivity index (χ4v) is 3.75. The monoisotopic (exact) mass is 347 g/mol. The van der Waals surface area contributed by atoms with E-state index in [1.807, 2.05) is 13.0 Å². The Hall–Kier alpha value is -1.41. The molecule has 24 heavy (non-hydrogen) atoms. The van der Waals surface area contributed by atoms with Gasteiger partial charge in [-0.3, -0.25) is 9.80 Å². The molecule has 0 aromatic carbocycles. The van der Waals surface area contributed by atoms with E-state index < -0.39 is 0 Å². The van der Waals surface area contributed by atoms with Gasteiger partial charge in [-0.15, -0.1) is 11.3 Å². The molecule has 0 amide bonds. The molecule has 0 radical (unpaired) electrons. The van der Waals surface area contributed by atoms with Gasteiger partial charge in [0.25, 0.3) is 0 Å². The molecule has 7 heteroatoms. The fourth-order valence-electron chi connectivity index (χ4n) is 2.99. The molecule has 1 atom stereocenters. The summed E-state index contributed by atoms with van der Waals surface area (Å²) in [5.74, 6) is 0.711. The van der Waals surface area contributed by atoms with Gasteiger partial charge in [-0.25, -0.2) is 15.0 Å². The number of aromatic nitrogens is 3. The van der Waals surface area contributed by atoms with E-state index in [2.05, 4.69) is 32.1 Å². The number of ether oxygens (including phenoxy) is 1. The van der Waals surface area contributed by atoms with Crippen molar-refractivity contribution in [3.8, 4) is 10.8 Å². The quantitative estimate of drug-likeness (QED) is 0.715. The summed E-state index contributed by atoms with van der Waals surface area (Å²) >= 11 is 1.62. The lowest BCUT2D eigenvalue weighted by Crippen LogP contribution is -2.52. The highest BCUT2D eigenvalue weighted by Gasteiger charge is 2.23. The summed E-state index contributed by atoms with van der Waals surface area (Å²) in [5, 5.41) is 3.02. The number of hydrogen-bond donors (Lipinski definition) is 0. The first-order valence-corrected chi connectivity index (χ1v) is 9.40. The maximum absolute atomic E-state index is 5.48. The van der Waals surface area contributed by atoms with Crippen LogP contribution in [0.2, 0.25) is 0 Å². The number of nitrogens with zero attached hydrogens (tertiary/aromatic N) is 5. The van der Waals surface area contributed by atoms with E-state index in [9.17, 15) is 0 Å². The van der Waals surface area contributed by atoms with Gasteiger partial charge in [0.2, 0.25) is 0 Å². The van der Waals surface area contributed by atoms with Crippen molar-refractivity contribution in [2.45, 2.75) is 26.4 Å². The molecule has 6 nitrogen and oxygen atoms in total. The molecule has 0 unspecified atom stereocenters. The summed E-state index contributed by atoms with van der Waals surface area (Å²) in [6, 6.07) is 2.37. The van der Waals surface area contributed by atoms with Crippen molar-refractivity contribution in [3.63, 3.8) is 0 Å². The molecule has 0 N–H and O–H groups in total. The summed E-state index contributed by atoms with van der Waals surface area (Å²) in [7, 11) is 0. The van der Waals surface area contributed by atoms with Crippen molar-refractivity contribution in [2.75, 3.05) is 39.4 Å². The van der Waals surface area contributed by atoms with Crippen molar-refractivity contribution in [1.29, 1.82) is 0 Å². The average Bonchev–Trinajstić information content (AvgIpc) is 3.06. The second-order valence-corrected chi connectivity index (χ2v) is 6.89. The molecule has 0 bridgehead atoms. The highest BCUT2D eigenvalue weighted by Crippen LogP contribution is 2.21. The van der Waals surface area contributed by atoms with Crippen LogP contribution < -0.4 is 0 Å². The van der Waals surface area contributed by atoms with Crippen LogP contribution in [0, 0.1) is 0 Å². The molecule has 0 spiro atoms. The van der Waals surface area contributed by atoms with E-state index in [0.29, 0.717) is 11.9 Å². The lowest BCUT2D eigenvalue weighted by molar-refractivity contribution is 0.0463. The molecule has 2 aromatic rings. The van der Waals surface area contributed by atoms with Crippen molar-refractivity contribution in [3.05, 3.63) is 29.5 Å². The standard InChI is InChI=1S/C17H25N5OS/c1-3-23-10-9-22-8-7-21(11-14(22)2)12-15-13-24-17(20-15)16-18-5-4-6-19-16/h4-6,13-14H,3,7-12H2,1-2H3/t14-/m0/s1. The summed E-state index contributed by atoms with van der Waals surface area (Å²) in [6.07, 6.45) is 3.51. The second-order valence-electron chi connectivity index (χ2n) is 6.03. The number of hydrogen-bond acceptors (Lipinski definition) is 7. The first-order chi connectivity index (χ1) is 11.8. The Bertz CT molecular complexity index is 620. The van der Waals surface area contributed by atoms with Gasteiger partial charge in [0.1, 0.15) is 0 Å². The molecule has 3 rings (SSSR count). The molecular formula is C17H25N5OS. The van der Waals surface area contributed by atoms with E-state index in [-0.39, 0.29) is 0 Å². The maximum Gasteiger partial charge on any atom is 0.188 e. The van der Waals surface area contributed by atoms with E-state index in [1.54, 1.807) is 23.7 Å². The maximum atomic E-state index is 5.48. The van der Waals surface area contributed by atoms with Gasteiger partial charge in [-0.05, 0) is 19.9 Å². The molecule has 1 fully saturated rings. The third-order valence-corrected chi connectivity index (χ3v) is 5.16. The Morgan fingerprint density at radius 2 is 2.12 bits per heavy atom. The predicted molar refractivity (Wildman–Crippen MR) is 95.9 cm³/mol. The minimum absolute atomic E-state index is 0.551. The first-order valence-electron chi connectivity index (χ1n) is 8.52. The van der Waals surface area contributed by atoms with Crippen LogP contribution in [0.25, 0.3) is 10.8 Å². The smallest absolute Gasteiger partial charge is 0.188 e. The Morgan fingerprint density at radius 1 is 1.29 bits per heavy atom. The first kappa shape index (κ1) is 17.4. The van der Waals surface area contributed by atoms with Gasteiger partial charge >= 0.3 is 0 Å². The zero-order chi connectivity index (χ0) is 16.8. The van der Waals surface area contributed by atoms with Crippen molar-refractivity contribution < 1.29 is 4.74 Å². The third kappa shape index (κ3) is 4.57. The Morgan fingerprint density at radius 3 is 2.88 bits per heavy atom. The minimum atomic E-state index is 0.551. The molecule has 1 aliphatic rings. The predicted octanol–water partition coefficient (Wildman–Crippen LogP) is 2.14. The molecule has 130 valence electrons. The number of thiazole rings is 1. The Labute approximate surface area is 147 Å². The highest BCUT2D eigenvalue weighted by atomic mass is 32.1. The minimum Gasteiger partial charge on any atom is -0.380 e. The lowest BCUT2D eigenvalue weighted by atomic mass is 10.2. The lowest BCUT2D eigenvalue weighted by Gasteiger charge is -2.39. The summed E-state index contributed by atoms with van der Waals surface area (Å²) in [6.45, 7) is 11.1. The average molecular weight is 347 g/mol. The van der Waals surface area contributed by atoms with Crippen LogP contribution in [-0.4, -0.2) is 70.2 Å². The van der Waals surface area contributed by atoms with Gasteiger partial charge in [0.05, 0.1) is 12.3 Å². The zero-order valence-electron chi connectivity index (χ0n) is 14.4. The van der Waals surface area contributed by atoms with Crippen LogP contribution in [0.5, 0.6) is 0 Å². The number of rotatable bonds is 7. The van der Waals surface area contributed by atoms with E-state index in [0.717, 1.165) is 56.6 Å². The van der Waals surface area contributed by atoms with Crippen LogP contribution >= 0.6 is 11.3 Å². The summed E-state index contributed by atoms with van der Waals surface area (Å²) in [4.78, 5) is 18.2. The van der Waals surface area contributed by atoms with Crippen LogP contribution in [0.3, 0.4) is 0 Å². The zero-order valence-corrected chi connectivity index (χ0v) is 15.2. The molecule has 1 saturated heterocycles. The normalized spacial score (nSPS) is 19.7. The molecule has 1 aliphatic heterocycles. The van der Waals surface area contributed by atoms with Crippen LogP contribution in [0.1, 0.15) is 19.5 Å². The third-order valence-electron chi connectivity index (χ3n) is 4.27.